The Morgan fingerprint density at radius 1 is 1.25 bits per heavy atom. The van der Waals surface area contributed by atoms with E-state index in [4.69, 9.17) is 9.47 Å². The number of fused-ring (bicyclic) bond motifs is 2. The van der Waals surface area contributed by atoms with Gasteiger partial charge in [-0.3, -0.25) is 4.79 Å². The molecule has 28 heavy (non-hydrogen) atoms. The second-order valence-corrected chi connectivity index (χ2v) is 6.14. The molecule has 146 valence electrons. The van der Waals surface area contributed by atoms with Crippen LogP contribution in [0.4, 0.5) is 13.2 Å². The topological polar surface area (TPSA) is 77.8 Å². The lowest BCUT2D eigenvalue weighted by atomic mass is 10.1. The summed E-state index contributed by atoms with van der Waals surface area (Å²) in [5.74, 6) is 0.396. The summed E-state index contributed by atoms with van der Waals surface area (Å²) in [4.78, 5) is 16.6. The zero-order chi connectivity index (χ0) is 19.9. The number of hydrogen-bond donors (Lipinski definition) is 1. The number of nitrogens with zero attached hydrogens (tertiary/aromatic N) is 3. The van der Waals surface area contributed by atoms with Crippen molar-refractivity contribution < 1.29 is 27.4 Å². The van der Waals surface area contributed by atoms with Crippen molar-refractivity contribution in [2.24, 2.45) is 0 Å². The summed E-state index contributed by atoms with van der Waals surface area (Å²) in [6, 6.07) is 5.63. The van der Waals surface area contributed by atoms with Crippen LogP contribution in [0.25, 0.3) is 16.9 Å². The van der Waals surface area contributed by atoms with Crippen LogP contribution in [0, 0.1) is 0 Å². The number of rotatable bonds is 4. The molecule has 0 fully saturated rings. The van der Waals surface area contributed by atoms with E-state index >= 15 is 0 Å². The van der Waals surface area contributed by atoms with Crippen molar-refractivity contribution in [2.45, 2.75) is 19.5 Å². The molecule has 3 aromatic rings. The molecule has 7 nitrogen and oxygen atoms in total. The predicted octanol–water partition coefficient (Wildman–Crippen LogP) is 3.28. The number of carbonyl (C=O) groups excluding carboxylic acids is 1. The molecular weight excluding hydrogens is 377 g/mol. The van der Waals surface area contributed by atoms with E-state index < -0.39 is 17.8 Å². The number of ether oxygens (including phenoxy) is 2. The molecule has 3 heterocycles. The number of benzene rings is 1. The summed E-state index contributed by atoms with van der Waals surface area (Å²) >= 11 is 0. The highest BCUT2D eigenvalue weighted by atomic mass is 19.4. The van der Waals surface area contributed by atoms with Crippen molar-refractivity contribution in [1.82, 2.24) is 19.9 Å². The van der Waals surface area contributed by atoms with Gasteiger partial charge < -0.3 is 14.8 Å². The Morgan fingerprint density at radius 3 is 2.79 bits per heavy atom. The molecule has 0 saturated heterocycles. The highest BCUT2D eigenvalue weighted by Gasteiger charge is 2.36. The van der Waals surface area contributed by atoms with E-state index in [1.54, 1.807) is 18.2 Å². The number of amides is 1. The second kappa shape index (κ2) is 6.70. The Hall–Kier alpha value is -3.30. The Bertz CT molecular complexity index is 1060. The van der Waals surface area contributed by atoms with Gasteiger partial charge in [-0.2, -0.15) is 18.3 Å². The molecule has 10 heteroatoms. The van der Waals surface area contributed by atoms with Gasteiger partial charge in [-0.1, -0.05) is 6.92 Å². The fourth-order valence-electron chi connectivity index (χ4n) is 2.86. The third kappa shape index (κ3) is 3.10. The van der Waals surface area contributed by atoms with Crippen LogP contribution in [0.15, 0.2) is 30.5 Å². The summed E-state index contributed by atoms with van der Waals surface area (Å²) in [6.07, 6.45) is -2.91. The lowest BCUT2D eigenvalue weighted by molar-refractivity contribution is -0.142. The van der Waals surface area contributed by atoms with Gasteiger partial charge in [0.15, 0.2) is 22.8 Å². The Balaban J connectivity index is 1.88. The zero-order valence-electron chi connectivity index (χ0n) is 14.7. The van der Waals surface area contributed by atoms with Crippen LogP contribution in [0.2, 0.25) is 0 Å². The number of aromatic nitrogens is 3. The highest BCUT2D eigenvalue weighted by Crippen LogP contribution is 2.37. The van der Waals surface area contributed by atoms with Crippen LogP contribution in [-0.4, -0.2) is 33.8 Å². The fourth-order valence-corrected chi connectivity index (χ4v) is 2.86. The molecule has 1 aliphatic heterocycles. The van der Waals surface area contributed by atoms with Crippen molar-refractivity contribution in [3.05, 3.63) is 41.7 Å². The minimum Gasteiger partial charge on any atom is -0.454 e. The van der Waals surface area contributed by atoms with Gasteiger partial charge in [0.2, 0.25) is 6.79 Å². The average Bonchev–Trinajstić information content (AvgIpc) is 3.30. The molecular formula is C18H15F3N4O3. The fraction of sp³-hybridized carbons (Fsp3) is 0.278. The van der Waals surface area contributed by atoms with Gasteiger partial charge in [-0.05, 0) is 30.7 Å². The molecule has 0 atom stereocenters. The lowest BCUT2D eigenvalue weighted by Gasteiger charge is -2.12. The predicted molar refractivity (Wildman–Crippen MR) is 92.2 cm³/mol. The first-order valence-corrected chi connectivity index (χ1v) is 8.52. The van der Waals surface area contributed by atoms with E-state index in [-0.39, 0.29) is 23.7 Å². The van der Waals surface area contributed by atoms with Crippen molar-refractivity contribution >= 4 is 11.6 Å². The first kappa shape index (κ1) is 18.1. The van der Waals surface area contributed by atoms with Crippen LogP contribution >= 0.6 is 0 Å². The summed E-state index contributed by atoms with van der Waals surface area (Å²) < 4.78 is 52.0. The summed E-state index contributed by atoms with van der Waals surface area (Å²) in [6.45, 7) is 2.31. The molecule has 4 rings (SSSR count). The molecule has 2 aromatic heterocycles. The maximum Gasteiger partial charge on any atom is 0.433 e. The van der Waals surface area contributed by atoms with E-state index in [0.29, 0.717) is 34.5 Å². The monoisotopic (exact) mass is 392 g/mol. The average molecular weight is 392 g/mol. The molecule has 0 spiro atoms. The first-order chi connectivity index (χ1) is 13.4. The number of nitrogens with one attached hydrogen (secondary N) is 1. The molecule has 0 aliphatic carbocycles. The van der Waals surface area contributed by atoms with Crippen molar-refractivity contribution in [3.63, 3.8) is 0 Å². The standard InChI is InChI=1S/C18H15F3N4O3/c1-2-5-22-17(26)11-8-23-25-15(18(19,20)21)7-12(24-16(11)25)10-3-4-13-14(6-10)28-9-27-13/h3-4,6-8H,2,5,9H2,1H3,(H,22,26). The van der Waals surface area contributed by atoms with Gasteiger partial charge in [0.1, 0.15) is 5.56 Å². The quantitative estimate of drug-likeness (QED) is 0.737. The summed E-state index contributed by atoms with van der Waals surface area (Å²) in [7, 11) is 0. The van der Waals surface area contributed by atoms with E-state index in [1.165, 1.54) is 0 Å². The second-order valence-electron chi connectivity index (χ2n) is 6.14. The van der Waals surface area contributed by atoms with E-state index in [9.17, 15) is 18.0 Å². The largest absolute Gasteiger partial charge is 0.454 e. The molecule has 1 N–H and O–H groups in total. The molecule has 1 amide bonds. The van der Waals surface area contributed by atoms with Crippen LogP contribution in [0.3, 0.4) is 0 Å². The van der Waals surface area contributed by atoms with Gasteiger partial charge in [0.25, 0.3) is 5.91 Å². The van der Waals surface area contributed by atoms with Gasteiger partial charge in [0.05, 0.1) is 11.9 Å². The van der Waals surface area contributed by atoms with E-state index in [1.807, 2.05) is 6.92 Å². The lowest BCUT2D eigenvalue weighted by Crippen LogP contribution is -2.24. The molecule has 0 bridgehead atoms. The van der Waals surface area contributed by atoms with Crippen molar-refractivity contribution in [2.75, 3.05) is 13.3 Å². The minimum atomic E-state index is -4.69. The van der Waals surface area contributed by atoms with Gasteiger partial charge in [0, 0.05) is 12.1 Å². The third-order valence-electron chi connectivity index (χ3n) is 4.21. The minimum absolute atomic E-state index is 0.0263. The zero-order valence-corrected chi connectivity index (χ0v) is 14.7. The van der Waals surface area contributed by atoms with Crippen LogP contribution in [-0.2, 0) is 6.18 Å². The number of alkyl halides is 3. The third-order valence-corrected chi connectivity index (χ3v) is 4.21. The number of carbonyl (C=O) groups is 1. The van der Waals surface area contributed by atoms with E-state index in [0.717, 1.165) is 12.3 Å². The normalized spacial score (nSPS) is 13.1. The Morgan fingerprint density at radius 2 is 2.04 bits per heavy atom. The summed E-state index contributed by atoms with van der Waals surface area (Å²) in [5.41, 5.74) is -0.779. The summed E-state index contributed by atoms with van der Waals surface area (Å²) in [5, 5.41) is 6.36. The molecule has 1 aliphatic rings. The maximum atomic E-state index is 13.6. The SMILES string of the molecule is CCCNC(=O)c1cnn2c(C(F)(F)F)cc(-c3ccc4c(c3)OCO4)nc12. The van der Waals surface area contributed by atoms with Crippen LogP contribution in [0.1, 0.15) is 29.4 Å². The Kier molecular flexibility index (Phi) is 4.33. The van der Waals surface area contributed by atoms with E-state index in [2.05, 4.69) is 15.4 Å². The number of halogens is 3. The van der Waals surface area contributed by atoms with Gasteiger partial charge in [-0.25, -0.2) is 9.50 Å². The van der Waals surface area contributed by atoms with Crippen LogP contribution < -0.4 is 14.8 Å². The Labute approximate surface area is 157 Å². The van der Waals surface area contributed by atoms with Crippen LogP contribution in [0.5, 0.6) is 11.5 Å². The van der Waals surface area contributed by atoms with Crippen molar-refractivity contribution in [1.29, 1.82) is 0 Å². The maximum absolute atomic E-state index is 13.6. The smallest absolute Gasteiger partial charge is 0.433 e. The number of hydrogen-bond acceptors (Lipinski definition) is 5. The molecule has 1 aromatic carbocycles. The molecule has 0 saturated carbocycles. The highest BCUT2D eigenvalue weighted by molar-refractivity contribution is 5.99. The van der Waals surface area contributed by atoms with Crippen molar-refractivity contribution in [3.8, 4) is 22.8 Å². The first-order valence-electron chi connectivity index (χ1n) is 8.52. The van der Waals surface area contributed by atoms with Gasteiger partial charge in [-0.15, -0.1) is 0 Å². The van der Waals surface area contributed by atoms with Gasteiger partial charge >= 0.3 is 6.18 Å². The molecule has 0 radical (unpaired) electrons. The molecule has 0 unspecified atom stereocenters.